The van der Waals surface area contributed by atoms with E-state index in [0.29, 0.717) is 23.5 Å². The summed E-state index contributed by atoms with van der Waals surface area (Å²) in [6.07, 6.45) is 2.18. The van der Waals surface area contributed by atoms with Crippen molar-refractivity contribution in [2.75, 3.05) is 12.8 Å². The van der Waals surface area contributed by atoms with Gasteiger partial charge in [-0.3, -0.25) is 9.36 Å². The van der Waals surface area contributed by atoms with Crippen LogP contribution in [0.25, 0.3) is 10.9 Å². The number of fused-ring (bicyclic) bond motifs is 1. The van der Waals surface area contributed by atoms with Crippen molar-refractivity contribution in [2.45, 2.75) is 25.3 Å². The van der Waals surface area contributed by atoms with Crippen LogP contribution in [0.5, 0.6) is 5.75 Å². The molecule has 122 valence electrons. The predicted molar refractivity (Wildman–Crippen MR) is 94.5 cm³/mol. The van der Waals surface area contributed by atoms with Gasteiger partial charge in [0.1, 0.15) is 11.6 Å². The number of nitrogen functional groups attached to an aromatic ring is 1. The molecule has 0 amide bonds. The number of ether oxygens (including phenoxy) is 1. The molecule has 5 heteroatoms. The van der Waals surface area contributed by atoms with Crippen molar-refractivity contribution in [2.24, 2.45) is 0 Å². The van der Waals surface area contributed by atoms with Gasteiger partial charge in [-0.15, -0.1) is 0 Å². The first-order valence-electron chi connectivity index (χ1n) is 8.08. The molecule has 4 rings (SSSR count). The van der Waals surface area contributed by atoms with E-state index in [-0.39, 0.29) is 5.56 Å². The molecule has 1 aliphatic rings. The van der Waals surface area contributed by atoms with Crippen LogP contribution in [0.3, 0.4) is 0 Å². The Morgan fingerprint density at radius 2 is 2.08 bits per heavy atom. The van der Waals surface area contributed by atoms with E-state index in [1.807, 2.05) is 30.3 Å². The lowest BCUT2D eigenvalue weighted by Crippen LogP contribution is -2.25. The first-order valence-corrected chi connectivity index (χ1v) is 8.08. The molecule has 1 fully saturated rings. The fourth-order valence-electron chi connectivity index (χ4n) is 3.02. The van der Waals surface area contributed by atoms with Gasteiger partial charge >= 0.3 is 0 Å². The van der Waals surface area contributed by atoms with Crippen LogP contribution in [0.4, 0.5) is 5.69 Å². The third kappa shape index (κ3) is 2.62. The standard InChI is InChI=1S/C19H19N3O2/c1-24-15-4-2-3-12(9-15)11-22-18(13-5-6-13)21-17-8-7-14(20)10-16(17)19(22)23/h2-4,7-10,13H,5-6,11,20H2,1H3. The fourth-order valence-corrected chi connectivity index (χ4v) is 3.02. The molecule has 1 aliphatic carbocycles. The topological polar surface area (TPSA) is 70.1 Å². The van der Waals surface area contributed by atoms with Gasteiger partial charge in [-0.05, 0) is 48.7 Å². The third-order valence-corrected chi connectivity index (χ3v) is 4.43. The number of benzene rings is 2. The summed E-state index contributed by atoms with van der Waals surface area (Å²) in [5, 5.41) is 0.572. The lowest BCUT2D eigenvalue weighted by molar-refractivity contribution is 0.414. The van der Waals surface area contributed by atoms with Crippen LogP contribution in [-0.2, 0) is 6.54 Å². The number of anilines is 1. The van der Waals surface area contributed by atoms with E-state index in [1.54, 1.807) is 23.8 Å². The third-order valence-electron chi connectivity index (χ3n) is 4.43. The summed E-state index contributed by atoms with van der Waals surface area (Å²) in [5.74, 6) is 2.04. The van der Waals surface area contributed by atoms with E-state index in [9.17, 15) is 4.79 Å². The average molecular weight is 321 g/mol. The first-order chi connectivity index (χ1) is 11.7. The number of hydrogen-bond donors (Lipinski definition) is 1. The fraction of sp³-hybridized carbons (Fsp3) is 0.263. The minimum Gasteiger partial charge on any atom is -0.497 e. The molecule has 0 unspecified atom stereocenters. The van der Waals surface area contributed by atoms with Crippen molar-refractivity contribution in [1.82, 2.24) is 9.55 Å². The summed E-state index contributed by atoms with van der Waals surface area (Å²) < 4.78 is 7.07. The van der Waals surface area contributed by atoms with Crippen LogP contribution < -0.4 is 16.0 Å². The van der Waals surface area contributed by atoms with Crippen molar-refractivity contribution >= 4 is 16.6 Å². The molecule has 0 spiro atoms. The highest BCUT2D eigenvalue weighted by Gasteiger charge is 2.29. The molecular formula is C19H19N3O2. The summed E-state index contributed by atoms with van der Waals surface area (Å²) in [7, 11) is 1.64. The monoisotopic (exact) mass is 321 g/mol. The molecule has 0 bridgehead atoms. The van der Waals surface area contributed by atoms with Crippen LogP contribution >= 0.6 is 0 Å². The van der Waals surface area contributed by atoms with Crippen LogP contribution in [-0.4, -0.2) is 16.7 Å². The molecule has 2 N–H and O–H groups in total. The highest BCUT2D eigenvalue weighted by Crippen LogP contribution is 2.39. The number of methoxy groups -OCH3 is 1. The Morgan fingerprint density at radius 1 is 1.25 bits per heavy atom. The Labute approximate surface area is 139 Å². The van der Waals surface area contributed by atoms with E-state index in [1.165, 1.54) is 0 Å². The molecule has 1 aromatic heterocycles. The Morgan fingerprint density at radius 3 is 2.83 bits per heavy atom. The van der Waals surface area contributed by atoms with Gasteiger partial charge < -0.3 is 10.5 Å². The van der Waals surface area contributed by atoms with Crippen molar-refractivity contribution < 1.29 is 4.74 Å². The van der Waals surface area contributed by atoms with Crippen molar-refractivity contribution in [3.8, 4) is 5.75 Å². The van der Waals surface area contributed by atoms with Gasteiger partial charge in [-0.1, -0.05) is 12.1 Å². The van der Waals surface area contributed by atoms with Gasteiger partial charge in [-0.2, -0.15) is 0 Å². The second kappa shape index (κ2) is 5.67. The van der Waals surface area contributed by atoms with E-state index in [2.05, 4.69) is 0 Å². The number of hydrogen-bond acceptors (Lipinski definition) is 4. The van der Waals surface area contributed by atoms with E-state index in [0.717, 1.165) is 35.5 Å². The minimum absolute atomic E-state index is 0.0305. The second-order valence-electron chi connectivity index (χ2n) is 6.26. The summed E-state index contributed by atoms with van der Waals surface area (Å²) >= 11 is 0. The molecule has 3 aromatic rings. The maximum absolute atomic E-state index is 13.0. The number of rotatable bonds is 4. The van der Waals surface area contributed by atoms with Crippen molar-refractivity contribution in [1.29, 1.82) is 0 Å². The zero-order valence-electron chi connectivity index (χ0n) is 13.5. The highest BCUT2D eigenvalue weighted by atomic mass is 16.5. The van der Waals surface area contributed by atoms with Gasteiger partial charge in [0.25, 0.3) is 5.56 Å². The molecular weight excluding hydrogens is 302 g/mol. The SMILES string of the molecule is COc1cccc(Cn2c(C3CC3)nc3ccc(N)cc3c2=O)c1. The Hall–Kier alpha value is -2.82. The highest BCUT2D eigenvalue weighted by molar-refractivity contribution is 5.81. The largest absolute Gasteiger partial charge is 0.497 e. The zero-order chi connectivity index (χ0) is 16.7. The zero-order valence-corrected chi connectivity index (χ0v) is 13.5. The van der Waals surface area contributed by atoms with Crippen LogP contribution in [0.15, 0.2) is 47.3 Å². The van der Waals surface area contributed by atoms with Gasteiger partial charge in [0.15, 0.2) is 0 Å². The normalized spacial score (nSPS) is 14.0. The molecule has 5 nitrogen and oxygen atoms in total. The number of nitrogens with zero attached hydrogens (tertiary/aromatic N) is 2. The summed E-state index contributed by atoms with van der Waals surface area (Å²) in [6, 6.07) is 13.1. The van der Waals surface area contributed by atoms with E-state index < -0.39 is 0 Å². The molecule has 1 saturated carbocycles. The van der Waals surface area contributed by atoms with Gasteiger partial charge in [0.2, 0.25) is 0 Å². The maximum atomic E-state index is 13.0. The van der Waals surface area contributed by atoms with Crippen molar-refractivity contribution in [3.63, 3.8) is 0 Å². The van der Waals surface area contributed by atoms with E-state index >= 15 is 0 Å². The number of nitrogens with two attached hydrogens (primary N) is 1. The molecule has 1 heterocycles. The second-order valence-corrected chi connectivity index (χ2v) is 6.26. The number of aromatic nitrogens is 2. The molecule has 0 aliphatic heterocycles. The summed E-state index contributed by atoms with van der Waals surface area (Å²) in [6.45, 7) is 0.486. The molecule has 0 saturated heterocycles. The average Bonchev–Trinajstić information content (AvgIpc) is 3.43. The quantitative estimate of drug-likeness (QED) is 0.750. The Balaban J connectivity index is 1.87. The lowest BCUT2D eigenvalue weighted by Gasteiger charge is -2.14. The van der Waals surface area contributed by atoms with Crippen LogP contribution in [0.2, 0.25) is 0 Å². The smallest absolute Gasteiger partial charge is 0.261 e. The van der Waals surface area contributed by atoms with Gasteiger partial charge in [0, 0.05) is 11.6 Å². The minimum atomic E-state index is -0.0305. The lowest BCUT2D eigenvalue weighted by atomic mass is 10.1. The van der Waals surface area contributed by atoms with Gasteiger partial charge in [0.05, 0.1) is 24.6 Å². The Bertz CT molecular complexity index is 974. The Kier molecular flexibility index (Phi) is 3.49. The van der Waals surface area contributed by atoms with Crippen LogP contribution in [0.1, 0.15) is 30.1 Å². The van der Waals surface area contributed by atoms with Crippen LogP contribution in [0, 0.1) is 0 Å². The molecule has 0 radical (unpaired) electrons. The molecule has 2 aromatic carbocycles. The van der Waals surface area contributed by atoms with Crippen molar-refractivity contribution in [3.05, 3.63) is 64.2 Å². The molecule has 0 atom stereocenters. The van der Waals surface area contributed by atoms with E-state index in [4.69, 9.17) is 15.5 Å². The van der Waals surface area contributed by atoms with Gasteiger partial charge in [-0.25, -0.2) is 4.98 Å². The summed E-state index contributed by atoms with van der Waals surface area (Å²) in [4.78, 5) is 17.8. The summed E-state index contributed by atoms with van der Waals surface area (Å²) in [5.41, 5.74) is 8.14. The maximum Gasteiger partial charge on any atom is 0.261 e. The predicted octanol–water partition coefficient (Wildman–Crippen LogP) is 2.91. The molecule has 24 heavy (non-hydrogen) atoms. The first kappa shape index (κ1) is 14.8.